The van der Waals surface area contributed by atoms with E-state index in [0.29, 0.717) is 18.7 Å². The molecule has 0 bridgehead atoms. The van der Waals surface area contributed by atoms with Gasteiger partial charge in [0.2, 0.25) is 5.91 Å². The molecular formula is C26H30N4O2. The molecule has 0 radical (unpaired) electrons. The van der Waals surface area contributed by atoms with Gasteiger partial charge in [-0.15, -0.1) is 0 Å². The summed E-state index contributed by atoms with van der Waals surface area (Å²) in [5.74, 6) is -0.235. The molecule has 1 saturated heterocycles. The van der Waals surface area contributed by atoms with Crippen LogP contribution in [0.5, 0.6) is 0 Å². The van der Waals surface area contributed by atoms with Crippen molar-refractivity contribution in [2.75, 3.05) is 44.7 Å². The van der Waals surface area contributed by atoms with E-state index in [-0.39, 0.29) is 18.2 Å². The lowest BCUT2D eigenvalue weighted by Gasteiger charge is -2.35. The lowest BCUT2D eigenvalue weighted by molar-refractivity contribution is -0.121. The fourth-order valence-electron chi connectivity index (χ4n) is 4.02. The van der Waals surface area contributed by atoms with Crippen LogP contribution >= 0.6 is 0 Å². The third-order valence-electron chi connectivity index (χ3n) is 5.96. The van der Waals surface area contributed by atoms with Crippen LogP contribution in [0.15, 0.2) is 66.7 Å². The number of hydrogen-bond donors (Lipinski definition) is 2. The Bertz CT molecular complexity index is 1090. The quantitative estimate of drug-likeness (QED) is 0.605. The van der Waals surface area contributed by atoms with Gasteiger partial charge < -0.3 is 20.4 Å². The highest BCUT2D eigenvalue weighted by atomic mass is 16.2. The second kappa shape index (κ2) is 10.3. The Hall–Kier alpha value is -3.38. The van der Waals surface area contributed by atoms with E-state index in [4.69, 9.17) is 0 Å². The normalized spacial score (nSPS) is 14.3. The summed E-state index contributed by atoms with van der Waals surface area (Å²) < 4.78 is 0. The smallest absolute Gasteiger partial charge is 0.251 e. The van der Waals surface area contributed by atoms with Crippen LogP contribution < -0.4 is 15.5 Å². The van der Waals surface area contributed by atoms with Crippen molar-refractivity contribution in [3.8, 4) is 0 Å². The zero-order valence-corrected chi connectivity index (χ0v) is 18.5. The monoisotopic (exact) mass is 430 g/mol. The number of carbonyl (C=O) groups is 2. The first-order valence-electron chi connectivity index (χ1n) is 11.2. The lowest BCUT2D eigenvalue weighted by Crippen LogP contribution is -2.45. The van der Waals surface area contributed by atoms with Crippen LogP contribution in [0.4, 0.5) is 5.69 Å². The van der Waals surface area contributed by atoms with Gasteiger partial charge in [-0.3, -0.25) is 9.59 Å². The van der Waals surface area contributed by atoms with Gasteiger partial charge >= 0.3 is 0 Å². The number of hydrogen-bond acceptors (Lipinski definition) is 4. The predicted molar refractivity (Wildman–Crippen MR) is 129 cm³/mol. The van der Waals surface area contributed by atoms with Gasteiger partial charge in [-0.2, -0.15) is 0 Å². The van der Waals surface area contributed by atoms with E-state index in [1.807, 2.05) is 54.6 Å². The first-order valence-corrected chi connectivity index (χ1v) is 11.2. The van der Waals surface area contributed by atoms with Gasteiger partial charge in [0.25, 0.3) is 5.91 Å². The highest BCUT2D eigenvalue weighted by molar-refractivity contribution is 5.98. The third kappa shape index (κ3) is 5.45. The van der Waals surface area contributed by atoms with Crippen LogP contribution in [0.3, 0.4) is 0 Å². The second-order valence-electron chi connectivity index (χ2n) is 8.26. The SMILES string of the molecule is CN1CCN(c2ccccc2CNC(=O)CCNC(=O)c2ccc3ccccc3c2)CC1. The van der Waals surface area contributed by atoms with E-state index in [2.05, 4.69) is 39.6 Å². The number of nitrogens with one attached hydrogen (secondary N) is 2. The Kier molecular flexibility index (Phi) is 7.02. The number of fused-ring (bicyclic) bond motifs is 1. The van der Waals surface area contributed by atoms with Crippen LogP contribution in [0, 0.1) is 0 Å². The largest absolute Gasteiger partial charge is 0.369 e. The van der Waals surface area contributed by atoms with Crippen molar-refractivity contribution in [3.05, 3.63) is 77.9 Å². The molecule has 0 atom stereocenters. The summed E-state index contributed by atoms with van der Waals surface area (Å²) in [4.78, 5) is 29.5. The van der Waals surface area contributed by atoms with Crippen molar-refractivity contribution in [2.45, 2.75) is 13.0 Å². The lowest BCUT2D eigenvalue weighted by atomic mass is 10.1. The minimum absolute atomic E-state index is 0.0722. The van der Waals surface area contributed by atoms with Crippen molar-refractivity contribution in [1.82, 2.24) is 15.5 Å². The van der Waals surface area contributed by atoms with Gasteiger partial charge in [0.15, 0.2) is 0 Å². The average Bonchev–Trinajstić information content (AvgIpc) is 2.83. The molecule has 166 valence electrons. The number of benzene rings is 3. The first-order chi connectivity index (χ1) is 15.6. The number of nitrogens with zero attached hydrogens (tertiary/aromatic N) is 2. The van der Waals surface area contributed by atoms with Crippen molar-refractivity contribution in [3.63, 3.8) is 0 Å². The molecule has 1 heterocycles. The molecule has 3 aromatic carbocycles. The van der Waals surface area contributed by atoms with Crippen LogP contribution in [-0.4, -0.2) is 56.5 Å². The number of anilines is 1. The zero-order chi connectivity index (χ0) is 22.3. The fourth-order valence-corrected chi connectivity index (χ4v) is 4.02. The van der Waals surface area contributed by atoms with E-state index >= 15 is 0 Å². The maximum absolute atomic E-state index is 12.4. The number of para-hydroxylation sites is 1. The third-order valence-corrected chi connectivity index (χ3v) is 5.96. The van der Waals surface area contributed by atoms with Gasteiger partial charge in [0.1, 0.15) is 0 Å². The molecular weight excluding hydrogens is 400 g/mol. The molecule has 6 heteroatoms. The summed E-state index contributed by atoms with van der Waals surface area (Å²) in [6.45, 7) is 4.84. The van der Waals surface area contributed by atoms with Crippen molar-refractivity contribution >= 4 is 28.3 Å². The molecule has 0 aliphatic carbocycles. The highest BCUT2D eigenvalue weighted by Gasteiger charge is 2.17. The molecule has 6 nitrogen and oxygen atoms in total. The van der Waals surface area contributed by atoms with E-state index in [0.717, 1.165) is 42.5 Å². The van der Waals surface area contributed by atoms with Gasteiger partial charge in [0, 0.05) is 56.9 Å². The molecule has 32 heavy (non-hydrogen) atoms. The minimum Gasteiger partial charge on any atom is -0.369 e. The molecule has 1 aliphatic heterocycles. The van der Waals surface area contributed by atoms with Crippen molar-refractivity contribution < 1.29 is 9.59 Å². The van der Waals surface area contributed by atoms with Crippen molar-refractivity contribution in [2.24, 2.45) is 0 Å². The molecule has 2 N–H and O–H groups in total. The van der Waals surface area contributed by atoms with Crippen LogP contribution in [0.25, 0.3) is 10.8 Å². The summed E-state index contributed by atoms with van der Waals surface area (Å²) >= 11 is 0. The minimum atomic E-state index is -0.163. The van der Waals surface area contributed by atoms with Crippen LogP contribution in [0.2, 0.25) is 0 Å². The summed E-state index contributed by atoms with van der Waals surface area (Å²) in [5.41, 5.74) is 2.90. The number of likely N-dealkylation sites (N-methyl/N-ethyl adjacent to an activating group) is 1. The summed E-state index contributed by atoms with van der Waals surface area (Å²) in [6.07, 6.45) is 0.246. The van der Waals surface area contributed by atoms with Gasteiger partial charge in [-0.25, -0.2) is 0 Å². The highest BCUT2D eigenvalue weighted by Crippen LogP contribution is 2.21. The predicted octanol–water partition coefficient (Wildman–Crippen LogP) is 3.03. The average molecular weight is 431 g/mol. The van der Waals surface area contributed by atoms with Crippen LogP contribution in [0.1, 0.15) is 22.3 Å². The first kappa shape index (κ1) is 21.8. The molecule has 2 amide bonds. The molecule has 4 rings (SSSR count). The standard InChI is InChI=1S/C26H30N4O2/c1-29-14-16-30(17-15-29)24-9-5-4-8-23(24)19-28-25(31)12-13-27-26(32)22-11-10-20-6-2-3-7-21(20)18-22/h2-11,18H,12-17,19H2,1H3,(H,27,32)(H,28,31). The molecule has 0 saturated carbocycles. The van der Waals surface area contributed by atoms with Crippen LogP contribution in [-0.2, 0) is 11.3 Å². The number of rotatable bonds is 7. The van der Waals surface area contributed by atoms with Gasteiger partial charge in [-0.1, -0.05) is 48.5 Å². The van der Waals surface area contributed by atoms with Gasteiger partial charge in [-0.05, 0) is 41.6 Å². The molecule has 0 aromatic heterocycles. The molecule has 1 fully saturated rings. The topological polar surface area (TPSA) is 64.7 Å². The number of carbonyl (C=O) groups excluding carboxylic acids is 2. The molecule has 0 spiro atoms. The summed E-state index contributed by atoms with van der Waals surface area (Å²) in [6, 6.07) is 21.8. The number of amides is 2. The Labute approximate surface area is 189 Å². The Morgan fingerprint density at radius 3 is 2.38 bits per heavy atom. The fraction of sp³-hybridized carbons (Fsp3) is 0.308. The van der Waals surface area contributed by atoms with E-state index in [1.54, 1.807) is 0 Å². The van der Waals surface area contributed by atoms with E-state index < -0.39 is 0 Å². The summed E-state index contributed by atoms with van der Waals surface area (Å²) in [5, 5.41) is 7.97. The molecule has 3 aromatic rings. The van der Waals surface area contributed by atoms with E-state index in [9.17, 15) is 9.59 Å². The second-order valence-corrected chi connectivity index (χ2v) is 8.26. The van der Waals surface area contributed by atoms with Gasteiger partial charge in [0.05, 0.1) is 0 Å². The summed E-state index contributed by atoms with van der Waals surface area (Å²) in [7, 11) is 2.14. The molecule has 0 unspecified atom stereocenters. The maximum atomic E-state index is 12.4. The molecule has 1 aliphatic rings. The Morgan fingerprint density at radius 1 is 0.844 bits per heavy atom. The van der Waals surface area contributed by atoms with Crippen molar-refractivity contribution in [1.29, 1.82) is 0 Å². The van der Waals surface area contributed by atoms with E-state index in [1.165, 1.54) is 5.69 Å². The number of piperazine rings is 1. The zero-order valence-electron chi connectivity index (χ0n) is 18.5. The Balaban J connectivity index is 1.25. The maximum Gasteiger partial charge on any atom is 0.251 e. The Morgan fingerprint density at radius 2 is 1.56 bits per heavy atom.